The molecule has 1 unspecified atom stereocenters. The minimum absolute atomic E-state index is 0.0819. The monoisotopic (exact) mass is 355 g/mol. The van der Waals surface area contributed by atoms with E-state index < -0.39 is 6.61 Å². The van der Waals surface area contributed by atoms with E-state index in [1.54, 1.807) is 6.07 Å². The smallest absolute Gasteiger partial charge is 0.387 e. The first-order chi connectivity index (χ1) is 8.85. The fourth-order valence-corrected chi connectivity index (χ4v) is 2.72. The Morgan fingerprint density at radius 2 is 2.00 bits per heavy atom. The zero-order valence-corrected chi connectivity index (χ0v) is 13.4. The highest BCUT2D eigenvalue weighted by atomic mass is 79.9. The maximum absolute atomic E-state index is 12.5. The predicted octanol–water partition coefficient (Wildman–Crippen LogP) is 5.55. The molecule has 1 aromatic rings. The summed E-state index contributed by atoms with van der Waals surface area (Å²) in [5.41, 5.74) is 0.472. The van der Waals surface area contributed by atoms with Crippen LogP contribution in [0.15, 0.2) is 16.6 Å². The molecule has 0 saturated heterocycles. The Morgan fingerprint density at radius 1 is 1.37 bits per heavy atom. The lowest BCUT2D eigenvalue weighted by Crippen LogP contribution is -2.25. The van der Waals surface area contributed by atoms with Crippen LogP contribution in [0.1, 0.15) is 27.2 Å². The number of benzene rings is 1. The summed E-state index contributed by atoms with van der Waals surface area (Å²) in [5.74, 6) is 0.445. The molecule has 1 N–H and O–H groups in total. The average Bonchev–Trinajstić information content (AvgIpc) is 2.29. The lowest BCUT2D eigenvalue weighted by molar-refractivity contribution is -0.0499. The van der Waals surface area contributed by atoms with Gasteiger partial charge in [0.15, 0.2) is 5.75 Å². The summed E-state index contributed by atoms with van der Waals surface area (Å²) in [6, 6.07) is 3.28. The van der Waals surface area contributed by atoms with E-state index in [0.29, 0.717) is 21.1 Å². The number of hydrogen-bond donors (Lipinski definition) is 1. The zero-order valence-electron chi connectivity index (χ0n) is 11.0. The van der Waals surface area contributed by atoms with E-state index in [0.717, 1.165) is 6.42 Å². The molecule has 0 aromatic heterocycles. The van der Waals surface area contributed by atoms with Crippen molar-refractivity contribution in [2.24, 2.45) is 5.92 Å². The summed E-state index contributed by atoms with van der Waals surface area (Å²) in [7, 11) is 0. The van der Waals surface area contributed by atoms with Gasteiger partial charge in [-0.3, -0.25) is 0 Å². The van der Waals surface area contributed by atoms with E-state index in [-0.39, 0.29) is 11.8 Å². The fourth-order valence-electron chi connectivity index (χ4n) is 1.82. The first-order valence-electron chi connectivity index (χ1n) is 6.05. The summed E-state index contributed by atoms with van der Waals surface area (Å²) >= 11 is 9.14. The van der Waals surface area contributed by atoms with Crippen LogP contribution in [-0.2, 0) is 0 Å². The first kappa shape index (κ1) is 16.5. The van der Waals surface area contributed by atoms with Crippen molar-refractivity contribution in [2.75, 3.05) is 5.32 Å². The topological polar surface area (TPSA) is 21.3 Å². The number of halogens is 4. The van der Waals surface area contributed by atoms with Crippen molar-refractivity contribution in [1.29, 1.82) is 0 Å². The molecule has 1 aromatic carbocycles. The van der Waals surface area contributed by atoms with Gasteiger partial charge in [-0.05, 0) is 40.4 Å². The van der Waals surface area contributed by atoms with Crippen molar-refractivity contribution in [3.05, 3.63) is 21.6 Å². The van der Waals surface area contributed by atoms with Crippen molar-refractivity contribution in [1.82, 2.24) is 0 Å². The molecule has 0 radical (unpaired) electrons. The molecule has 0 amide bonds. The Hall–Kier alpha value is -0.550. The summed E-state index contributed by atoms with van der Waals surface area (Å²) in [5, 5.41) is 3.66. The lowest BCUT2D eigenvalue weighted by Gasteiger charge is -2.24. The third-order valence-electron chi connectivity index (χ3n) is 2.80. The van der Waals surface area contributed by atoms with Crippen LogP contribution in [0.2, 0.25) is 5.02 Å². The molecule has 0 bridgehead atoms. The third-order valence-corrected chi connectivity index (χ3v) is 3.61. The van der Waals surface area contributed by atoms with E-state index in [9.17, 15) is 8.78 Å². The predicted molar refractivity (Wildman–Crippen MR) is 78.3 cm³/mol. The van der Waals surface area contributed by atoms with Gasteiger partial charge in [0, 0.05) is 11.1 Å². The maximum atomic E-state index is 12.5. The molecule has 0 aliphatic rings. The lowest BCUT2D eigenvalue weighted by atomic mass is 10.0. The Bertz CT molecular complexity index is 429. The Labute approximate surface area is 125 Å². The number of nitrogens with one attached hydrogen (secondary N) is 1. The summed E-state index contributed by atoms with van der Waals surface area (Å²) in [6.45, 7) is 3.28. The van der Waals surface area contributed by atoms with Crippen LogP contribution in [0.25, 0.3) is 0 Å². The van der Waals surface area contributed by atoms with E-state index in [1.165, 1.54) is 6.07 Å². The molecule has 108 valence electrons. The van der Waals surface area contributed by atoms with Crippen molar-refractivity contribution in [3.8, 4) is 5.75 Å². The van der Waals surface area contributed by atoms with Crippen molar-refractivity contribution < 1.29 is 13.5 Å². The molecule has 19 heavy (non-hydrogen) atoms. The highest BCUT2D eigenvalue weighted by Gasteiger charge is 2.18. The molecule has 0 heterocycles. The molecular weight excluding hydrogens is 340 g/mol. The Balaban J connectivity index is 3.09. The van der Waals surface area contributed by atoms with Gasteiger partial charge < -0.3 is 10.1 Å². The maximum Gasteiger partial charge on any atom is 0.387 e. The number of alkyl halides is 2. The highest BCUT2D eigenvalue weighted by molar-refractivity contribution is 9.10. The van der Waals surface area contributed by atoms with Crippen LogP contribution < -0.4 is 10.1 Å². The quantitative estimate of drug-likeness (QED) is 0.721. The second-order valence-corrected chi connectivity index (χ2v) is 5.84. The van der Waals surface area contributed by atoms with Gasteiger partial charge in [0.1, 0.15) is 0 Å². The second-order valence-electron chi connectivity index (χ2n) is 4.55. The Morgan fingerprint density at radius 3 is 2.47 bits per heavy atom. The molecule has 0 aliphatic heterocycles. The van der Waals surface area contributed by atoms with Crippen LogP contribution >= 0.6 is 27.5 Å². The summed E-state index contributed by atoms with van der Waals surface area (Å²) in [4.78, 5) is 0. The van der Waals surface area contributed by atoms with Gasteiger partial charge >= 0.3 is 6.61 Å². The number of rotatable bonds is 6. The van der Waals surface area contributed by atoms with Gasteiger partial charge in [0.25, 0.3) is 0 Å². The molecule has 0 aliphatic carbocycles. The fraction of sp³-hybridized carbons (Fsp3) is 0.538. The largest absolute Gasteiger partial charge is 0.431 e. The molecule has 0 saturated carbocycles. The van der Waals surface area contributed by atoms with Crippen LogP contribution in [0, 0.1) is 5.92 Å². The number of hydrogen-bond acceptors (Lipinski definition) is 2. The Kier molecular flexibility index (Phi) is 6.33. The molecule has 1 rings (SSSR count). The molecule has 1 atom stereocenters. The zero-order chi connectivity index (χ0) is 14.6. The van der Waals surface area contributed by atoms with E-state index in [2.05, 4.69) is 39.8 Å². The highest BCUT2D eigenvalue weighted by Crippen LogP contribution is 2.38. The van der Waals surface area contributed by atoms with Gasteiger partial charge in [-0.2, -0.15) is 8.78 Å². The molecule has 2 nitrogen and oxygen atoms in total. The number of ether oxygens (including phenoxy) is 1. The summed E-state index contributed by atoms with van der Waals surface area (Å²) < 4.78 is 29.9. The van der Waals surface area contributed by atoms with Crippen molar-refractivity contribution in [2.45, 2.75) is 39.8 Å². The molecule has 6 heteroatoms. The average molecular weight is 357 g/mol. The third kappa shape index (κ3) is 4.80. The van der Waals surface area contributed by atoms with Gasteiger partial charge in [0.05, 0.1) is 10.2 Å². The van der Waals surface area contributed by atoms with Crippen LogP contribution in [0.3, 0.4) is 0 Å². The minimum Gasteiger partial charge on any atom is -0.431 e. The number of anilines is 1. The first-order valence-corrected chi connectivity index (χ1v) is 7.22. The second kappa shape index (κ2) is 7.29. The minimum atomic E-state index is -2.88. The molecule has 0 spiro atoms. The summed E-state index contributed by atoms with van der Waals surface area (Å²) in [6.07, 6.45) is 0.871. The molecule has 0 fully saturated rings. The molecular formula is C13H17BrClF2NO. The van der Waals surface area contributed by atoms with Gasteiger partial charge in [-0.15, -0.1) is 0 Å². The van der Waals surface area contributed by atoms with E-state index in [4.69, 9.17) is 11.6 Å². The normalized spacial score (nSPS) is 12.9. The standard InChI is InChI=1S/C13H17BrClF2NO/c1-4-10(7(2)3)18-11-6-8(15)5-9(14)12(11)19-13(16)17/h5-7,10,13,18H,4H2,1-3H3. The van der Waals surface area contributed by atoms with Gasteiger partial charge in [-0.1, -0.05) is 32.4 Å². The van der Waals surface area contributed by atoms with Crippen molar-refractivity contribution >= 4 is 33.2 Å². The van der Waals surface area contributed by atoms with Gasteiger partial charge in [-0.25, -0.2) is 0 Å². The van der Waals surface area contributed by atoms with E-state index >= 15 is 0 Å². The SMILES string of the molecule is CCC(Nc1cc(Cl)cc(Br)c1OC(F)F)C(C)C. The van der Waals surface area contributed by atoms with Crippen LogP contribution in [-0.4, -0.2) is 12.7 Å². The van der Waals surface area contributed by atoms with E-state index in [1.807, 2.05) is 6.92 Å². The van der Waals surface area contributed by atoms with Crippen LogP contribution in [0.5, 0.6) is 5.75 Å². The van der Waals surface area contributed by atoms with Crippen molar-refractivity contribution in [3.63, 3.8) is 0 Å². The van der Waals surface area contributed by atoms with Crippen LogP contribution in [0.4, 0.5) is 14.5 Å². The van der Waals surface area contributed by atoms with Gasteiger partial charge in [0.2, 0.25) is 0 Å².